The first-order valence-corrected chi connectivity index (χ1v) is 45.9. The molecule has 18 aromatic carbocycles. The normalized spacial score (nSPS) is 11.3. The largest absolute Gasteiger partial charge is 0.308 e. The van der Waals surface area contributed by atoms with Crippen LogP contribution in [0.2, 0.25) is 0 Å². The van der Waals surface area contributed by atoms with Crippen molar-refractivity contribution >= 4 is 87.2 Å². The third kappa shape index (κ3) is 13.9. The molecule has 0 spiro atoms. The van der Waals surface area contributed by atoms with E-state index in [1.165, 1.54) is 0 Å². The van der Waals surface area contributed by atoms with Gasteiger partial charge in [-0.25, -0.2) is 29.9 Å². The highest BCUT2D eigenvalue weighted by Gasteiger charge is 2.32. The summed E-state index contributed by atoms with van der Waals surface area (Å²) in [6.45, 7) is 3.65. The molecule has 654 valence electrons. The molecule has 0 N–H and O–H groups in total. The minimum atomic E-state index is 0.267. The number of para-hydroxylation sites is 1. The van der Waals surface area contributed by atoms with Crippen LogP contribution in [0.25, 0.3) is 233 Å². The Bertz CT molecular complexity index is 9770. The van der Waals surface area contributed by atoms with Gasteiger partial charge < -0.3 is 18.3 Å². The number of rotatable bonds is 15. The molecule has 24 rings (SSSR count). The van der Waals surface area contributed by atoms with E-state index in [4.69, 9.17) is 29.9 Å². The molecule has 0 aliphatic heterocycles. The molecular weight excluding hydrogens is 1740 g/mol. The van der Waals surface area contributed by atoms with E-state index >= 15 is 0 Å². The summed E-state index contributed by atoms with van der Waals surface area (Å²) in [6, 6.07) is 142. The van der Waals surface area contributed by atoms with Crippen molar-refractivity contribution in [1.29, 1.82) is 42.1 Å². The van der Waals surface area contributed by atoms with Gasteiger partial charge in [-0.3, -0.25) is 0 Å². The van der Waals surface area contributed by atoms with Crippen LogP contribution in [0.3, 0.4) is 0 Å². The van der Waals surface area contributed by atoms with Crippen LogP contribution in [0.5, 0.6) is 0 Å². The zero-order valence-corrected chi connectivity index (χ0v) is 75.8. The molecule has 0 fully saturated rings. The van der Waals surface area contributed by atoms with Gasteiger partial charge in [0.05, 0.1) is 171 Å². The van der Waals surface area contributed by atoms with E-state index in [1.807, 2.05) is 269 Å². The second-order valence-corrected chi connectivity index (χ2v) is 34.9. The number of nitriles is 8. The molecule has 0 atom stereocenters. The first kappa shape index (κ1) is 84.1. The second kappa shape index (κ2) is 34.2. The molecule has 0 aliphatic rings. The Morgan fingerprint density at radius 3 is 0.817 bits per heavy atom. The third-order valence-electron chi connectivity index (χ3n) is 27.0. The Morgan fingerprint density at radius 1 is 0.176 bits per heavy atom. The lowest BCUT2D eigenvalue weighted by Gasteiger charge is -2.21. The van der Waals surface area contributed by atoms with Crippen molar-refractivity contribution in [3.63, 3.8) is 0 Å². The lowest BCUT2D eigenvalue weighted by molar-refractivity contribution is 0.924. The summed E-state index contributed by atoms with van der Waals surface area (Å²) in [6.07, 6.45) is 0. The molecule has 0 unspecified atom stereocenters. The minimum Gasteiger partial charge on any atom is -0.308 e. The maximum absolute atomic E-state index is 12.0. The molecular formula is C124H68N18. The van der Waals surface area contributed by atoms with Crippen LogP contribution < -0.4 is 0 Å². The van der Waals surface area contributed by atoms with Gasteiger partial charge in [0.1, 0.15) is 11.6 Å². The molecule has 0 amide bonds. The molecule has 0 aliphatic carbocycles. The smallest absolute Gasteiger partial charge is 0.168 e. The summed E-state index contributed by atoms with van der Waals surface area (Å²) in [4.78, 5) is 31.8. The van der Waals surface area contributed by atoms with E-state index in [9.17, 15) is 42.1 Å². The van der Waals surface area contributed by atoms with Crippen molar-refractivity contribution in [2.45, 2.75) is 13.8 Å². The molecule has 142 heavy (non-hydrogen) atoms. The van der Waals surface area contributed by atoms with Crippen LogP contribution in [0.1, 0.15) is 56.2 Å². The lowest BCUT2D eigenvalue weighted by Crippen LogP contribution is -2.08. The molecule has 24 aromatic rings. The van der Waals surface area contributed by atoms with E-state index in [1.54, 1.807) is 18.2 Å². The lowest BCUT2D eigenvalue weighted by atomic mass is 9.89. The van der Waals surface area contributed by atoms with Crippen LogP contribution in [0, 0.1) is 104 Å². The van der Waals surface area contributed by atoms with Crippen molar-refractivity contribution in [2.24, 2.45) is 0 Å². The fourth-order valence-electron chi connectivity index (χ4n) is 20.8. The Morgan fingerprint density at radius 2 is 0.444 bits per heavy atom. The number of nitrogens with zero attached hydrogens (tertiary/aromatic N) is 18. The Labute approximate surface area is 813 Å². The Hall–Kier alpha value is -20.9. The third-order valence-corrected chi connectivity index (χ3v) is 27.0. The summed E-state index contributed by atoms with van der Waals surface area (Å²) in [5, 5.41) is 96.2. The van der Waals surface area contributed by atoms with Crippen LogP contribution in [0.15, 0.2) is 376 Å². The molecule has 0 saturated carbocycles. The zero-order valence-electron chi connectivity index (χ0n) is 75.8. The van der Waals surface area contributed by atoms with Gasteiger partial charge in [-0.05, 0) is 214 Å². The van der Waals surface area contributed by atoms with Crippen LogP contribution in [-0.4, -0.2) is 48.2 Å². The fraction of sp³-hybridized carbons (Fsp3) is 0.0161. The monoisotopic (exact) mass is 1810 g/mol. The quantitative estimate of drug-likeness (QED) is 0.0922. The number of hydrogen-bond donors (Lipinski definition) is 0. The van der Waals surface area contributed by atoms with Crippen molar-refractivity contribution in [3.05, 3.63) is 432 Å². The van der Waals surface area contributed by atoms with E-state index in [2.05, 4.69) is 170 Å². The predicted octanol–water partition coefficient (Wildman–Crippen LogP) is 28.4. The SMILES string of the molecule is Cc1nc(C)nc(-c2c(-n3c4cc(-c5ccccc5C#N)ccc4c4ccc(-c5ccccc5C#N)cc43)cc(C#N)cc2-n2c3cc(-c4ccccc4C#N)ccc3c3ccc(-c4c(C#N)cccc4-c4ccc5c(c4)c4cc(-c6ccccc6C#N)ccc4n5-c4cc(C#N)cc(-n5c6ccccc6c6cc(-c7ccccc7C#N)ccc65)c4-c4nc(-c5ccccc5)nc(-c5ccccc5)n4)cc32)n1. The number of benzene rings is 18. The summed E-state index contributed by atoms with van der Waals surface area (Å²) in [7, 11) is 0. The highest BCUT2D eigenvalue weighted by molar-refractivity contribution is 6.18. The minimum absolute atomic E-state index is 0.267. The van der Waals surface area contributed by atoms with E-state index < -0.39 is 0 Å². The van der Waals surface area contributed by atoms with Crippen molar-refractivity contribution in [3.8, 4) is 195 Å². The number of hydrogen-bond acceptors (Lipinski definition) is 14. The number of aryl methyl sites for hydroxylation is 2. The summed E-state index contributed by atoms with van der Waals surface area (Å²) in [5.74, 6) is 2.26. The number of fused-ring (bicyclic) bond motifs is 12. The van der Waals surface area contributed by atoms with Crippen molar-refractivity contribution < 1.29 is 0 Å². The summed E-state index contributed by atoms with van der Waals surface area (Å²) < 4.78 is 8.65. The van der Waals surface area contributed by atoms with Gasteiger partial charge in [0.2, 0.25) is 0 Å². The van der Waals surface area contributed by atoms with Gasteiger partial charge in [-0.1, -0.05) is 249 Å². The molecule has 18 nitrogen and oxygen atoms in total. The predicted molar refractivity (Wildman–Crippen MR) is 558 cm³/mol. The van der Waals surface area contributed by atoms with Gasteiger partial charge in [0, 0.05) is 59.8 Å². The molecule has 6 heterocycles. The average molecular weight is 1810 g/mol. The number of aromatic nitrogens is 10. The fourth-order valence-corrected chi connectivity index (χ4v) is 20.8. The zero-order chi connectivity index (χ0) is 96.1. The maximum Gasteiger partial charge on any atom is 0.168 e. The second-order valence-electron chi connectivity index (χ2n) is 34.9. The van der Waals surface area contributed by atoms with Gasteiger partial charge in [0.15, 0.2) is 23.3 Å². The van der Waals surface area contributed by atoms with Gasteiger partial charge >= 0.3 is 0 Å². The molecule has 0 saturated heterocycles. The highest BCUT2D eigenvalue weighted by atomic mass is 15.1. The molecule has 0 bridgehead atoms. The molecule has 6 aromatic heterocycles. The first-order chi connectivity index (χ1) is 69.9. The first-order valence-electron chi connectivity index (χ1n) is 45.9. The van der Waals surface area contributed by atoms with Gasteiger partial charge in [-0.15, -0.1) is 0 Å². The molecule has 0 radical (unpaired) electrons. The van der Waals surface area contributed by atoms with Gasteiger partial charge in [-0.2, -0.15) is 42.1 Å². The van der Waals surface area contributed by atoms with E-state index in [0.717, 1.165) is 121 Å². The van der Waals surface area contributed by atoms with Gasteiger partial charge in [0.25, 0.3) is 0 Å². The molecule has 18 heteroatoms. The standard InChI is InChI=1S/C124H68N18/c1-73-133-74(2)135-123(134-73)119-116(141-110-61-82(94-34-16-11-28-88(94)69-129)40-47-99(110)100-48-41-83(62-111(100)141)95-35-17-12-29-89(95)70-130)56-76(66-126)57-117(119)142-112-63-84(96-36-18-13-30-90(96)71-131)42-49-101(112)102-50-43-85(64-113(102)142)118-91(72-132)31-21-38-97(118)81-46-53-109-105(60-81)104-59-80(93-33-15-10-27-87(93)68-128)45-52-108(104)140(109)115-55-75(65-125)54-114(120(115)124-137-121(77-22-5-3-6-23-77)136-122(138-124)78-24-7-4-8-25-78)139-106-39-20-19-37-98(106)103-58-79(44-51-107(103)139)92-32-14-9-26-86(92)67-127/h3-64H,1-2H3. The average Bonchev–Trinajstić information content (AvgIpc) is 1.54. The Kier molecular flexibility index (Phi) is 20.3. The van der Waals surface area contributed by atoms with Crippen LogP contribution >= 0.6 is 0 Å². The maximum atomic E-state index is 12.0. The summed E-state index contributed by atoms with van der Waals surface area (Å²) >= 11 is 0. The van der Waals surface area contributed by atoms with E-state index in [0.29, 0.717) is 157 Å². The van der Waals surface area contributed by atoms with Crippen molar-refractivity contribution in [1.82, 2.24) is 48.2 Å². The summed E-state index contributed by atoms with van der Waals surface area (Å²) in [5.41, 5.74) is 24.0. The van der Waals surface area contributed by atoms with Crippen LogP contribution in [-0.2, 0) is 0 Å². The topological polar surface area (TPSA) is 287 Å². The van der Waals surface area contributed by atoms with E-state index in [-0.39, 0.29) is 11.4 Å². The highest BCUT2D eigenvalue weighted by Crippen LogP contribution is 2.51. The Balaban J connectivity index is 0.778. The van der Waals surface area contributed by atoms with Crippen molar-refractivity contribution in [2.75, 3.05) is 0 Å². The van der Waals surface area contributed by atoms with Crippen LogP contribution in [0.4, 0.5) is 0 Å².